The summed E-state index contributed by atoms with van der Waals surface area (Å²) >= 11 is 0. The zero-order valence-corrected chi connectivity index (χ0v) is 10.5. The van der Waals surface area contributed by atoms with Gasteiger partial charge in [-0.05, 0) is 25.7 Å². The van der Waals surface area contributed by atoms with Gasteiger partial charge in [0.25, 0.3) is 5.88 Å². The minimum absolute atomic E-state index is 0.0208. The molecule has 0 spiro atoms. The van der Waals surface area contributed by atoms with E-state index < -0.39 is 5.82 Å². The number of ether oxygens (including phenoxy) is 2. The Balaban J connectivity index is 1.92. The summed E-state index contributed by atoms with van der Waals surface area (Å²) in [7, 11) is 0. The highest BCUT2D eigenvalue weighted by Gasteiger charge is 2.16. The Morgan fingerprint density at radius 2 is 2.28 bits per heavy atom. The van der Waals surface area contributed by atoms with Crippen LogP contribution < -0.4 is 10.1 Å². The summed E-state index contributed by atoms with van der Waals surface area (Å²) < 4.78 is 24.2. The Kier molecular flexibility index (Phi) is 4.69. The summed E-state index contributed by atoms with van der Waals surface area (Å²) in [6, 6.07) is 0. The van der Waals surface area contributed by atoms with Gasteiger partial charge in [-0.15, -0.1) is 0 Å². The molecule has 5 nitrogen and oxygen atoms in total. The van der Waals surface area contributed by atoms with Crippen LogP contribution in [0.1, 0.15) is 19.8 Å². The molecule has 0 radical (unpaired) electrons. The van der Waals surface area contributed by atoms with Crippen molar-refractivity contribution >= 4 is 5.95 Å². The van der Waals surface area contributed by atoms with E-state index in [9.17, 15) is 4.39 Å². The van der Waals surface area contributed by atoms with Crippen molar-refractivity contribution in [2.45, 2.75) is 19.8 Å². The summed E-state index contributed by atoms with van der Waals surface area (Å²) in [4.78, 5) is 7.82. The highest BCUT2D eigenvalue weighted by atomic mass is 19.1. The van der Waals surface area contributed by atoms with Crippen LogP contribution in [0.4, 0.5) is 10.3 Å². The number of nitrogens with one attached hydrogen (secondary N) is 1. The smallest absolute Gasteiger partial charge is 0.255 e. The number of hydrogen-bond acceptors (Lipinski definition) is 5. The van der Waals surface area contributed by atoms with Crippen LogP contribution in [0.3, 0.4) is 0 Å². The van der Waals surface area contributed by atoms with Gasteiger partial charge in [0.05, 0.1) is 12.8 Å². The van der Waals surface area contributed by atoms with Gasteiger partial charge in [-0.2, -0.15) is 9.37 Å². The van der Waals surface area contributed by atoms with Crippen LogP contribution in [-0.2, 0) is 4.74 Å². The molecule has 0 atom stereocenters. The van der Waals surface area contributed by atoms with E-state index in [0.717, 1.165) is 32.3 Å². The van der Waals surface area contributed by atoms with Crippen molar-refractivity contribution in [2.75, 3.05) is 31.7 Å². The molecule has 1 fully saturated rings. The third kappa shape index (κ3) is 3.53. The molecule has 1 saturated heterocycles. The first-order valence-electron chi connectivity index (χ1n) is 6.26. The van der Waals surface area contributed by atoms with Crippen molar-refractivity contribution in [3.63, 3.8) is 0 Å². The standard InChI is InChI=1S/C12H18FN3O2/c1-2-14-12-15-7-10(13)11(16-12)18-8-9-3-5-17-6-4-9/h7,9H,2-6,8H2,1H3,(H,14,15,16). The molecular weight excluding hydrogens is 237 g/mol. The minimum atomic E-state index is -0.524. The van der Waals surface area contributed by atoms with E-state index in [-0.39, 0.29) is 5.88 Å². The third-order valence-corrected chi connectivity index (χ3v) is 2.84. The summed E-state index contributed by atoms with van der Waals surface area (Å²) in [5.41, 5.74) is 0. The van der Waals surface area contributed by atoms with Gasteiger partial charge in [0.2, 0.25) is 11.8 Å². The van der Waals surface area contributed by atoms with E-state index in [1.54, 1.807) is 0 Å². The number of aromatic nitrogens is 2. The molecule has 18 heavy (non-hydrogen) atoms. The first-order valence-corrected chi connectivity index (χ1v) is 6.26. The van der Waals surface area contributed by atoms with Gasteiger partial charge >= 0.3 is 0 Å². The maximum atomic E-state index is 13.5. The molecule has 6 heteroatoms. The van der Waals surface area contributed by atoms with Crippen molar-refractivity contribution in [1.82, 2.24) is 9.97 Å². The predicted octanol–water partition coefficient (Wildman–Crippen LogP) is 1.85. The molecule has 1 aliphatic rings. The van der Waals surface area contributed by atoms with Crippen molar-refractivity contribution < 1.29 is 13.9 Å². The lowest BCUT2D eigenvalue weighted by molar-refractivity contribution is 0.0483. The van der Waals surface area contributed by atoms with Gasteiger partial charge in [0, 0.05) is 19.8 Å². The second kappa shape index (κ2) is 6.49. The summed E-state index contributed by atoms with van der Waals surface area (Å²) in [5.74, 6) is 0.299. The van der Waals surface area contributed by atoms with E-state index in [1.165, 1.54) is 0 Å². The number of nitrogens with zero attached hydrogens (tertiary/aromatic N) is 2. The number of rotatable bonds is 5. The summed E-state index contributed by atoms with van der Waals surface area (Å²) in [5, 5.41) is 2.92. The quantitative estimate of drug-likeness (QED) is 0.870. The SMILES string of the molecule is CCNc1ncc(F)c(OCC2CCOCC2)n1. The molecule has 1 aliphatic heterocycles. The fourth-order valence-electron chi connectivity index (χ4n) is 1.81. The predicted molar refractivity (Wildman–Crippen MR) is 65.2 cm³/mol. The second-order valence-electron chi connectivity index (χ2n) is 4.24. The molecule has 0 aliphatic carbocycles. The molecule has 0 amide bonds. The highest BCUT2D eigenvalue weighted by molar-refractivity contribution is 5.27. The third-order valence-electron chi connectivity index (χ3n) is 2.84. The maximum absolute atomic E-state index is 13.5. The molecule has 1 N–H and O–H groups in total. The summed E-state index contributed by atoms with van der Waals surface area (Å²) in [6.07, 6.45) is 3.03. The van der Waals surface area contributed by atoms with Crippen LogP contribution in [0.2, 0.25) is 0 Å². The number of anilines is 1. The minimum Gasteiger partial charge on any atom is -0.475 e. The van der Waals surface area contributed by atoms with Gasteiger partial charge in [-0.1, -0.05) is 0 Å². The van der Waals surface area contributed by atoms with Gasteiger partial charge < -0.3 is 14.8 Å². The number of halogens is 1. The Bertz CT molecular complexity index is 384. The fourth-order valence-corrected chi connectivity index (χ4v) is 1.81. The van der Waals surface area contributed by atoms with Crippen LogP contribution >= 0.6 is 0 Å². The molecule has 2 heterocycles. The molecule has 0 bridgehead atoms. The van der Waals surface area contributed by atoms with E-state index in [1.807, 2.05) is 6.92 Å². The summed E-state index contributed by atoms with van der Waals surface area (Å²) in [6.45, 7) is 4.59. The Morgan fingerprint density at radius 1 is 1.50 bits per heavy atom. The Labute approximate surface area is 106 Å². The van der Waals surface area contributed by atoms with Crippen molar-refractivity contribution in [3.05, 3.63) is 12.0 Å². The van der Waals surface area contributed by atoms with Gasteiger partial charge in [0.15, 0.2) is 0 Å². The van der Waals surface area contributed by atoms with Crippen molar-refractivity contribution in [1.29, 1.82) is 0 Å². The van der Waals surface area contributed by atoms with Crippen LogP contribution in [0.25, 0.3) is 0 Å². The first-order chi connectivity index (χ1) is 8.79. The van der Waals surface area contributed by atoms with E-state index in [2.05, 4.69) is 15.3 Å². The van der Waals surface area contributed by atoms with Crippen LogP contribution in [0, 0.1) is 11.7 Å². The fraction of sp³-hybridized carbons (Fsp3) is 0.667. The molecule has 100 valence electrons. The van der Waals surface area contributed by atoms with Crippen LogP contribution in [0.5, 0.6) is 5.88 Å². The monoisotopic (exact) mass is 255 g/mol. The maximum Gasteiger partial charge on any atom is 0.255 e. The van der Waals surface area contributed by atoms with Crippen molar-refractivity contribution in [3.8, 4) is 5.88 Å². The molecule has 1 aromatic heterocycles. The van der Waals surface area contributed by atoms with Crippen LogP contribution in [-0.4, -0.2) is 36.3 Å². The highest BCUT2D eigenvalue weighted by Crippen LogP contribution is 2.19. The zero-order valence-electron chi connectivity index (χ0n) is 10.5. The number of hydrogen-bond donors (Lipinski definition) is 1. The Morgan fingerprint density at radius 3 is 3.00 bits per heavy atom. The topological polar surface area (TPSA) is 56.3 Å². The van der Waals surface area contributed by atoms with Gasteiger partial charge in [-0.25, -0.2) is 4.98 Å². The lowest BCUT2D eigenvalue weighted by Gasteiger charge is -2.21. The second-order valence-corrected chi connectivity index (χ2v) is 4.24. The average Bonchev–Trinajstić information content (AvgIpc) is 2.41. The molecule has 2 rings (SSSR count). The largest absolute Gasteiger partial charge is 0.475 e. The van der Waals surface area contributed by atoms with Gasteiger partial charge in [-0.3, -0.25) is 0 Å². The average molecular weight is 255 g/mol. The van der Waals surface area contributed by atoms with Gasteiger partial charge in [0.1, 0.15) is 0 Å². The lowest BCUT2D eigenvalue weighted by Crippen LogP contribution is -2.22. The van der Waals surface area contributed by atoms with Crippen molar-refractivity contribution in [2.24, 2.45) is 5.92 Å². The molecule has 0 saturated carbocycles. The zero-order chi connectivity index (χ0) is 12.8. The first kappa shape index (κ1) is 13.0. The lowest BCUT2D eigenvalue weighted by atomic mass is 10.0. The van der Waals surface area contributed by atoms with E-state index in [4.69, 9.17) is 9.47 Å². The molecular formula is C12H18FN3O2. The Hall–Kier alpha value is -1.43. The molecule has 0 aromatic carbocycles. The molecule has 0 unspecified atom stereocenters. The van der Waals surface area contributed by atoms with E-state index in [0.29, 0.717) is 25.0 Å². The van der Waals surface area contributed by atoms with Crippen LogP contribution in [0.15, 0.2) is 6.20 Å². The normalized spacial score (nSPS) is 16.6. The molecule has 1 aromatic rings. The van der Waals surface area contributed by atoms with E-state index >= 15 is 0 Å².